The highest BCUT2D eigenvalue weighted by Crippen LogP contribution is 2.24. The summed E-state index contributed by atoms with van der Waals surface area (Å²) in [6.07, 6.45) is 0.847. The summed E-state index contributed by atoms with van der Waals surface area (Å²) in [5.41, 5.74) is 3.64. The van der Waals surface area contributed by atoms with Crippen molar-refractivity contribution in [2.75, 3.05) is 6.61 Å². The van der Waals surface area contributed by atoms with Crippen molar-refractivity contribution in [3.05, 3.63) is 34.6 Å². The van der Waals surface area contributed by atoms with Gasteiger partial charge in [-0.2, -0.15) is 5.48 Å². The minimum atomic E-state index is -0.309. The zero-order valence-corrected chi connectivity index (χ0v) is 7.64. The van der Waals surface area contributed by atoms with E-state index in [0.717, 1.165) is 12.0 Å². The third-order valence-electron chi connectivity index (χ3n) is 2.02. The summed E-state index contributed by atoms with van der Waals surface area (Å²) >= 11 is 5.72. The molecule has 0 saturated carbocycles. The van der Waals surface area contributed by atoms with Gasteiger partial charge in [0.05, 0.1) is 12.6 Å². The standard InChI is InChI=1S/C9H9ClFNO/c10-7-3-6(4-8(11)5-7)9-1-2-13-12-9/h3-5,9,12H,1-2H2. The molecule has 0 spiro atoms. The summed E-state index contributed by atoms with van der Waals surface area (Å²) in [5, 5.41) is 0.420. The van der Waals surface area contributed by atoms with Crippen LogP contribution in [0, 0.1) is 5.82 Å². The summed E-state index contributed by atoms with van der Waals surface area (Å²) in [6, 6.07) is 4.57. The smallest absolute Gasteiger partial charge is 0.125 e. The number of benzene rings is 1. The van der Waals surface area contributed by atoms with Crippen molar-refractivity contribution in [1.82, 2.24) is 5.48 Å². The largest absolute Gasteiger partial charge is 0.301 e. The van der Waals surface area contributed by atoms with Gasteiger partial charge < -0.3 is 4.84 Å². The fourth-order valence-corrected chi connectivity index (χ4v) is 1.64. The zero-order chi connectivity index (χ0) is 9.26. The highest BCUT2D eigenvalue weighted by molar-refractivity contribution is 6.30. The molecule has 0 bridgehead atoms. The van der Waals surface area contributed by atoms with E-state index in [9.17, 15) is 4.39 Å². The first-order chi connectivity index (χ1) is 6.25. The molecule has 0 radical (unpaired) electrons. The lowest BCUT2D eigenvalue weighted by molar-refractivity contribution is 0.0882. The molecule has 1 heterocycles. The second-order valence-electron chi connectivity index (χ2n) is 3.01. The average Bonchev–Trinajstić information content (AvgIpc) is 2.53. The number of hydrogen-bond acceptors (Lipinski definition) is 2. The van der Waals surface area contributed by atoms with Crippen LogP contribution in [-0.2, 0) is 4.84 Å². The fraction of sp³-hybridized carbons (Fsp3) is 0.333. The number of hydroxylamine groups is 1. The Balaban J connectivity index is 2.28. The van der Waals surface area contributed by atoms with Crippen LogP contribution in [0.4, 0.5) is 4.39 Å². The van der Waals surface area contributed by atoms with Crippen LogP contribution in [0.15, 0.2) is 18.2 Å². The number of rotatable bonds is 1. The van der Waals surface area contributed by atoms with Gasteiger partial charge >= 0.3 is 0 Å². The van der Waals surface area contributed by atoms with Gasteiger partial charge in [0.15, 0.2) is 0 Å². The molecule has 1 aliphatic heterocycles. The third-order valence-corrected chi connectivity index (χ3v) is 2.24. The minimum Gasteiger partial charge on any atom is -0.301 e. The van der Waals surface area contributed by atoms with E-state index in [4.69, 9.17) is 16.4 Å². The Kier molecular flexibility index (Phi) is 2.49. The van der Waals surface area contributed by atoms with Crippen LogP contribution < -0.4 is 5.48 Å². The molecular formula is C9H9ClFNO. The summed E-state index contributed by atoms with van der Waals surface area (Å²) in [5.74, 6) is -0.309. The Bertz CT molecular complexity index is 292. The van der Waals surface area contributed by atoms with Crippen LogP contribution in [0.1, 0.15) is 18.0 Å². The van der Waals surface area contributed by atoms with Crippen LogP contribution in [0.25, 0.3) is 0 Å². The SMILES string of the molecule is Fc1cc(Cl)cc(C2CCON2)c1. The number of halogens is 2. The van der Waals surface area contributed by atoms with Gasteiger partial charge in [-0.1, -0.05) is 11.6 Å². The molecule has 13 heavy (non-hydrogen) atoms. The van der Waals surface area contributed by atoms with Crippen molar-refractivity contribution in [1.29, 1.82) is 0 Å². The molecule has 0 amide bonds. The Labute approximate surface area is 80.6 Å². The first-order valence-corrected chi connectivity index (χ1v) is 4.47. The summed E-state index contributed by atoms with van der Waals surface area (Å²) < 4.78 is 12.9. The van der Waals surface area contributed by atoms with Crippen molar-refractivity contribution in [2.24, 2.45) is 0 Å². The molecule has 1 N–H and O–H groups in total. The van der Waals surface area contributed by atoms with Crippen molar-refractivity contribution < 1.29 is 9.23 Å². The maximum absolute atomic E-state index is 12.9. The topological polar surface area (TPSA) is 21.3 Å². The number of hydrogen-bond donors (Lipinski definition) is 1. The second-order valence-corrected chi connectivity index (χ2v) is 3.45. The molecule has 1 aromatic rings. The fourth-order valence-electron chi connectivity index (χ4n) is 1.41. The van der Waals surface area contributed by atoms with Gasteiger partial charge in [-0.15, -0.1) is 0 Å². The van der Waals surface area contributed by atoms with E-state index >= 15 is 0 Å². The van der Waals surface area contributed by atoms with E-state index in [1.807, 2.05) is 0 Å². The van der Waals surface area contributed by atoms with Crippen LogP contribution >= 0.6 is 11.6 Å². The van der Waals surface area contributed by atoms with Gasteiger partial charge in [-0.05, 0) is 30.2 Å². The first-order valence-electron chi connectivity index (χ1n) is 4.09. The predicted octanol–water partition coefficient (Wildman–Crippen LogP) is 2.45. The maximum Gasteiger partial charge on any atom is 0.125 e. The first kappa shape index (κ1) is 8.94. The summed E-state index contributed by atoms with van der Waals surface area (Å²) in [6.45, 7) is 0.652. The van der Waals surface area contributed by atoms with Gasteiger partial charge in [0.25, 0.3) is 0 Å². The summed E-state index contributed by atoms with van der Waals surface area (Å²) in [7, 11) is 0. The molecule has 2 rings (SSSR count). The molecule has 1 aliphatic rings. The lowest BCUT2D eigenvalue weighted by atomic mass is 10.1. The van der Waals surface area contributed by atoms with Gasteiger partial charge in [-0.25, -0.2) is 4.39 Å². The third kappa shape index (κ3) is 1.99. The molecule has 2 nitrogen and oxygen atoms in total. The van der Waals surface area contributed by atoms with Crippen LogP contribution in [-0.4, -0.2) is 6.61 Å². The second kappa shape index (κ2) is 3.62. The Morgan fingerprint density at radius 2 is 2.31 bits per heavy atom. The van der Waals surface area contributed by atoms with E-state index in [2.05, 4.69) is 5.48 Å². The lowest BCUT2D eigenvalue weighted by Gasteiger charge is -2.08. The van der Waals surface area contributed by atoms with E-state index < -0.39 is 0 Å². The molecule has 1 atom stereocenters. The van der Waals surface area contributed by atoms with Gasteiger partial charge in [0.2, 0.25) is 0 Å². The van der Waals surface area contributed by atoms with Crippen LogP contribution in [0.5, 0.6) is 0 Å². The Hall–Kier alpha value is -0.640. The molecule has 0 aliphatic carbocycles. The monoisotopic (exact) mass is 201 g/mol. The highest BCUT2D eigenvalue weighted by Gasteiger charge is 2.17. The summed E-state index contributed by atoms with van der Waals surface area (Å²) in [4.78, 5) is 4.98. The molecule has 1 aromatic carbocycles. The molecule has 1 unspecified atom stereocenters. The molecular weight excluding hydrogens is 193 g/mol. The molecule has 4 heteroatoms. The van der Waals surface area contributed by atoms with Crippen molar-refractivity contribution in [3.8, 4) is 0 Å². The average molecular weight is 202 g/mol. The molecule has 0 aromatic heterocycles. The van der Waals surface area contributed by atoms with E-state index in [-0.39, 0.29) is 11.9 Å². The van der Waals surface area contributed by atoms with Gasteiger partial charge in [-0.3, -0.25) is 0 Å². The predicted molar refractivity (Wildman–Crippen MR) is 47.9 cm³/mol. The minimum absolute atomic E-state index is 0.0631. The van der Waals surface area contributed by atoms with Crippen LogP contribution in [0.3, 0.4) is 0 Å². The van der Waals surface area contributed by atoms with Crippen molar-refractivity contribution >= 4 is 11.6 Å². The van der Waals surface area contributed by atoms with E-state index in [0.29, 0.717) is 11.6 Å². The maximum atomic E-state index is 12.9. The van der Waals surface area contributed by atoms with Gasteiger partial charge in [0.1, 0.15) is 5.82 Å². The van der Waals surface area contributed by atoms with Gasteiger partial charge in [0, 0.05) is 5.02 Å². The van der Waals surface area contributed by atoms with Crippen LogP contribution in [0.2, 0.25) is 5.02 Å². The molecule has 70 valence electrons. The molecule has 1 fully saturated rings. The Morgan fingerprint density at radius 3 is 2.92 bits per heavy atom. The molecule has 1 saturated heterocycles. The zero-order valence-electron chi connectivity index (χ0n) is 6.89. The Morgan fingerprint density at radius 1 is 1.46 bits per heavy atom. The van der Waals surface area contributed by atoms with E-state index in [1.165, 1.54) is 12.1 Å². The van der Waals surface area contributed by atoms with Crippen molar-refractivity contribution in [3.63, 3.8) is 0 Å². The number of nitrogens with one attached hydrogen (secondary N) is 1. The lowest BCUT2D eigenvalue weighted by Crippen LogP contribution is -2.11. The van der Waals surface area contributed by atoms with Crippen molar-refractivity contribution in [2.45, 2.75) is 12.5 Å². The normalized spacial score (nSPS) is 22.2. The highest BCUT2D eigenvalue weighted by atomic mass is 35.5. The quantitative estimate of drug-likeness (QED) is 0.754. The van der Waals surface area contributed by atoms with E-state index in [1.54, 1.807) is 6.07 Å².